The van der Waals surface area contributed by atoms with E-state index < -0.39 is 33.2 Å². The van der Waals surface area contributed by atoms with E-state index in [1.807, 2.05) is 0 Å². The molecule has 0 aromatic carbocycles. The highest BCUT2D eigenvalue weighted by atomic mass is 32.2. The fourth-order valence-electron chi connectivity index (χ4n) is 4.17. The van der Waals surface area contributed by atoms with E-state index in [1.54, 1.807) is 11.0 Å². The van der Waals surface area contributed by atoms with Crippen molar-refractivity contribution < 1.29 is 26.4 Å². The first-order valence-corrected chi connectivity index (χ1v) is 12.5. The molecule has 6 nitrogen and oxygen atoms in total. The Labute approximate surface area is 177 Å². The van der Waals surface area contributed by atoms with Gasteiger partial charge in [0.25, 0.3) is 0 Å². The maximum absolute atomic E-state index is 13.3. The standard InChI is InChI=1S/C19H22F3N3O3S2/c1-12-8-16(19(20,21)22)15(9-23)18(24-12)29-10-17(26)25(13-4-2-3-5-13)14-6-7-30(27,28)11-14/h8,13-14H,2-7,10-11H2,1H3. The lowest BCUT2D eigenvalue weighted by Gasteiger charge is -2.34. The molecule has 164 valence electrons. The van der Waals surface area contributed by atoms with Crippen molar-refractivity contribution in [2.24, 2.45) is 0 Å². The van der Waals surface area contributed by atoms with E-state index in [-0.39, 0.29) is 39.9 Å². The number of carbonyl (C=O) groups excluding carboxylic acids is 1. The minimum Gasteiger partial charge on any atom is -0.335 e. The zero-order chi connectivity index (χ0) is 22.1. The molecule has 1 amide bonds. The molecule has 30 heavy (non-hydrogen) atoms. The zero-order valence-corrected chi connectivity index (χ0v) is 18.0. The fourth-order valence-corrected chi connectivity index (χ4v) is 6.80. The minimum atomic E-state index is -4.70. The predicted octanol–water partition coefficient (Wildman–Crippen LogP) is 3.33. The van der Waals surface area contributed by atoms with Crippen LogP contribution < -0.4 is 0 Å². The molecule has 3 rings (SSSR count). The number of alkyl halides is 3. The van der Waals surface area contributed by atoms with E-state index >= 15 is 0 Å². The number of rotatable bonds is 5. The second kappa shape index (κ2) is 8.75. The van der Waals surface area contributed by atoms with Crippen molar-refractivity contribution in [3.05, 3.63) is 22.9 Å². The van der Waals surface area contributed by atoms with Gasteiger partial charge in [0, 0.05) is 17.8 Å². The molecule has 0 bridgehead atoms. The number of nitriles is 1. The lowest BCUT2D eigenvalue weighted by atomic mass is 10.1. The lowest BCUT2D eigenvalue weighted by molar-refractivity contribution is -0.138. The third-order valence-corrected chi connectivity index (χ3v) is 8.18. The van der Waals surface area contributed by atoms with Gasteiger partial charge in [0.2, 0.25) is 5.91 Å². The maximum Gasteiger partial charge on any atom is 0.417 e. The van der Waals surface area contributed by atoms with Gasteiger partial charge in [-0.25, -0.2) is 13.4 Å². The average molecular weight is 462 g/mol. The molecule has 0 radical (unpaired) electrons. The fraction of sp³-hybridized carbons (Fsp3) is 0.632. The molecule has 1 aromatic rings. The summed E-state index contributed by atoms with van der Waals surface area (Å²) in [6.45, 7) is 1.40. The molecule has 1 aliphatic carbocycles. The molecule has 1 aromatic heterocycles. The second-order valence-corrected chi connectivity index (χ2v) is 10.9. The van der Waals surface area contributed by atoms with E-state index in [9.17, 15) is 31.6 Å². The molecule has 1 aliphatic heterocycles. The number of aromatic nitrogens is 1. The number of nitrogens with zero attached hydrogens (tertiary/aromatic N) is 3. The Hall–Kier alpha value is -1.80. The quantitative estimate of drug-likeness (QED) is 0.625. The van der Waals surface area contributed by atoms with E-state index in [1.165, 1.54) is 6.92 Å². The number of hydrogen-bond acceptors (Lipinski definition) is 6. The summed E-state index contributed by atoms with van der Waals surface area (Å²) >= 11 is 0.796. The molecule has 1 saturated carbocycles. The third kappa shape index (κ3) is 5.09. The van der Waals surface area contributed by atoms with E-state index in [4.69, 9.17) is 0 Å². The summed E-state index contributed by atoms with van der Waals surface area (Å²) in [5.74, 6) is -0.566. The Kier molecular flexibility index (Phi) is 6.67. The van der Waals surface area contributed by atoms with E-state index in [0.717, 1.165) is 43.5 Å². The molecule has 1 saturated heterocycles. The summed E-state index contributed by atoms with van der Waals surface area (Å²) in [6.07, 6.45) is -0.845. The number of hydrogen-bond donors (Lipinski definition) is 0. The summed E-state index contributed by atoms with van der Waals surface area (Å²) in [7, 11) is -3.19. The number of carbonyl (C=O) groups is 1. The van der Waals surface area contributed by atoms with Gasteiger partial charge in [-0.3, -0.25) is 4.79 Å². The molecule has 2 heterocycles. The first-order chi connectivity index (χ1) is 14.0. The van der Waals surface area contributed by atoms with Gasteiger partial charge in [-0.2, -0.15) is 18.4 Å². The van der Waals surface area contributed by atoms with Crippen LogP contribution in [0.15, 0.2) is 11.1 Å². The summed E-state index contributed by atoms with van der Waals surface area (Å²) in [4.78, 5) is 18.7. The van der Waals surface area contributed by atoms with Gasteiger partial charge in [-0.05, 0) is 32.3 Å². The van der Waals surface area contributed by atoms with Crippen molar-refractivity contribution in [3.63, 3.8) is 0 Å². The summed E-state index contributed by atoms with van der Waals surface area (Å²) < 4.78 is 63.7. The molecular formula is C19H22F3N3O3S2. The van der Waals surface area contributed by atoms with Crippen molar-refractivity contribution in [1.82, 2.24) is 9.88 Å². The molecule has 0 spiro atoms. The van der Waals surface area contributed by atoms with Crippen molar-refractivity contribution in [2.75, 3.05) is 17.3 Å². The molecule has 1 unspecified atom stereocenters. The van der Waals surface area contributed by atoms with Crippen molar-refractivity contribution in [2.45, 2.75) is 62.3 Å². The zero-order valence-electron chi connectivity index (χ0n) is 16.4. The number of amides is 1. The molecular weight excluding hydrogens is 439 g/mol. The highest BCUT2D eigenvalue weighted by Crippen LogP contribution is 2.36. The molecule has 1 atom stereocenters. The Morgan fingerprint density at radius 3 is 2.50 bits per heavy atom. The number of sulfone groups is 1. The van der Waals surface area contributed by atoms with Crippen LogP contribution in [0.25, 0.3) is 0 Å². The summed E-state index contributed by atoms with van der Waals surface area (Å²) in [5.41, 5.74) is -1.56. The first-order valence-electron chi connectivity index (χ1n) is 9.65. The van der Waals surface area contributed by atoms with Crippen molar-refractivity contribution >= 4 is 27.5 Å². The Morgan fingerprint density at radius 2 is 1.97 bits per heavy atom. The Morgan fingerprint density at radius 1 is 1.30 bits per heavy atom. The largest absolute Gasteiger partial charge is 0.417 e. The minimum absolute atomic E-state index is 0.0360. The van der Waals surface area contributed by atoms with Gasteiger partial charge in [0.05, 0.1) is 28.4 Å². The molecule has 11 heteroatoms. The van der Waals surface area contributed by atoms with Gasteiger partial charge in [-0.15, -0.1) is 0 Å². The van der Waals surface area contributed by atoms with Gasteiger partial charge < -0.3 is 4.90 Å². The highest BCUT2D eigenvalue weighted by molar-refractivity contribution is 8.00. The normalized spacial score (nSPS) is 21.5. The van der Waals surface area contributed by atoms with Crippen LogP contribution in [-0.4, -0.2) is 53.6 Å². The molecule has 2 aliphatic rings. The van der Waals surface area contributed by atoms with Crippen LogP contribution >= 0.6 is 11.8 Å². The number of aryl methyl sites for hydroxylation is 1. The summed E-state index contributed by atoms with van der Waals surface area (Å²) in [5, 5.41) is 9.13. The number of pyridine rings is 1. The van der Waals surface area contributed by atoms with Crippen LogP contribution in [0, 0.1) is 18.3 Å². The molecule has 2 fully saturated rings. The van der Waals surface area contributed by atoms with Gasteiger partial charge in [-0.1, -0.05) is 24.6 Å². The van der Waals surface area contributed by atoms with Crippen LogP contribution in [-0.2, 0) is 20.8 Å². The molecule has 0 N–H and O–H groups in total. The first kappa shape index (κ1) is 22.9. The SMILES string of the molecule is Cc1cc(C(F)(F)F)c(C#N)c(SCC(=O)N(C2CCCC2)C2CCS(=O)(=O)C2)n1. The predicted molar refractivity (Wildman–Crippen MR) is 106 cm³/mol. The maximum atomic E-state index is 13.3. The number of thioether (sulfide) groups is 1. The Balaban J connectivity index is 1.82. The van der Waals surface area contributed by atoms with Crippen LogP contribution in [0.5, 0.6) is 0 Å². The average Bonchev–Trinajstić information content (AvgIpc) is 3.29. The van der Waals surface area contributed by atoms with Crippen molar-refractivity contribution in [3.8, 4) is 6.07 Å². The third-order valence-electron chi connectivity index (χ3n) is 5.47. The Bertz CT molecular complexity index is 968. The van der Waals surface area contributed by atoms with Crippen LogP contribution in [0.3, 0.4) is 0 Å². The second-order valence-electron chi connectivity index (χ2n) is 7.69. The van der Waals surface area contributed by atoms with Gasteiger partial charge >= 0.3 is 6.18 Å². The number of halogens is 3. The smallest absolute Gasteiger partial charge is 0.335 e. The van der Waals surface area contributed by atoms with E-state index in [0.29, 0.717) is 6.42 Å². The highest BCUT2D eigenvalue weighted by Gasteiger charge is 2.39. The van der Waals surface area contributed by atoms with E-state index in [2.05, 4.69) is 4.98 Å². The topological polar surface area (TPSA) is 91.1 Å². The monoisotopic (exact) mass is 461 g/mol. The van der Waals surface area contributed by atoms with Crippen molar-refractivity contribution in [1.29, 1.82) is 5.26 Å². The van der Waals surface area contributed by atoms with Gasteiger partial charge in [0.1, 0.15) is 11.1 Å². The van der Waals surface area contributed by atoms with Crippen LogP contribution in [0.4, 0.5) is 13.2 Å². The van der Waals surface area contributed by atoms with Crippen LogP contribution in [0.2, 0.25) is 0 Å². The van der Waals surface area contributed by atoms with Gasteiger partial charge in [0.15, 0.2) is 9.84 Å². The summed E-state index contributed by atoms with van der Waals surface area (Å²) in [6, 6.07) is 1.92. The van der Waals surface area contributed by atoms with Crippen LogP contribution in [0.1, 0.15) is 48.9 Å². The lowest BCUT2D eigenvalue weighted by Crippen LogP contribution is -2.47.